The van der Waals surface area contributed by atoms with Gasteiger partial charge in [-0.1, -0.05) is 6.07 Å². The monoisotopic (exact) mass is 321 g/mol. The average molecular weight is 321 g/mol. The molecule has 5 nitrogen and oxygen atoms in total. The van der Waals surface area contributed by atoms with E-state index >= 15 is 0 Å². The summed E-state index contributed by atoms with van der Waals surface area (Å²) in [6.07, 6.45) is 1.98. The summed E-state index contributed by atoms with van der Waals surface area (Å²) >= 11 is 0. The van der Waals surface area contributed by atoms with Gasteiger partial charge < -0.3 is 14.6 Å². The summed E-state index contributed by atoms with van der Waals surface area (Å²) in [6.45, 7) is 0. The SMILES string of the molecule is CN(C)c1cccc(-c2nc3cc(NC(=O)C4CC4)ccc3o2)c1. The number of hydrogen-bond acceptors (Lipinski definition) is 4. The van der Waals surface area contributed by atoms with Crippen LogP contribution in [0.5, 0.6) is 0 Å². The molecule has 1 amide bonds. The van der Waals surface area contributed by atoms with E-state index in [0.717, 1.165) is 35.3 Å². The molecule has 1 saturated carbocycles. The standard InChI is InChI=1S/C19H19N3O2/c1-22(2)15-5-3-4-13(10-15)19-21-16-11-14(8-9-17(16)24-19)20-18(23)12-6-7-12/h3-5,8-12H,6-7H2,1-2H3,(H,20,23). The fourth-order valence-electron chi connectivity index (χ4n) is 2.64. The number of oxazole rings is 1. The van der Waals surface area contributed by atoms with Crippen molar-refractivity contribution in [1.82, 2.24) is 4.98 Å². The Kier molecular flexibility index (Phi) is 3.49. The van der Waals surface area contributed by atoms with Crippen LogP contribution in [0.3, 0.4) is 0 Å². The predicted molar refractivity (Wildman–Crippen MR) is 95.1 cm³/mol. The minimum atomic E-state index is 0.0942. The molecule has 122 valence electrons. The summed E-state index contributed by atoms with van der Waals surface area (Å²) in [4.78, 5) is 18.5. The van der Waals surface area contributed by atoms with Crippen LogP contribution in [0, 0.1) is 5.92 Å². The molecule has 3 aromatic rings. The number of anilines is 2. The van der Waals surface area contributed by atoms with Crippen molar-refractivity contribution in [2.45, 2.75) is 12.8 Å². The summed E-state index contributed by atoms with van der Waals surface area (Å²) < 4.78 is 5.87. The van der Waals surface area contributed by atoms with Crippen LogP contribution < -0.4 is 10.2 Å². The molecule has 0 bridgehead atoms. The summed E-state index contributed by atoms with van der Waals surface area (Å²) in [7, 11) is 4.00. The molecule has 0 spiro atoms. The molecule has 5 heteroatoms. The Morgan fingerprint density at radius 3 is 2.79 bits per heavy atom. The molecule has 4 rings (SSSR count). The number of nitrogens with one attached hydrogen (secondary N) is 1. The second-order valence-corrected chi connectivity index (χ2v) is 6.41. The Hall–Kier alpha value is -2.82. The number of benzene rings is 2. The number of aromatic nitrogens is 1. The lowest BCUT2D eigenvalue weighted by Crippen LogP contribution is -2.12. The summed E-state index contributed by atoms with van der Waals surface area (Å²) in [5, 5.41) is 2.94. The fourth-order valence-corrected chi connectivity index (χ4v) is 2.64. The second kappa shape index (κ2) is 5.67. The molecular formula is C19H19N3O2. The molecule has 0 atom stereocenters. The minimum absolute atomic E-state index is 0.0942. The molecule has 1 aliphatic carbocycles. The molecule has 2 aromatic carbocycles. The van der Waals surface area contributed by atoms with Crippen molar-refractivity contribution in [3.63, 3.8) is 0 Å². The fraction of sp³-hybridized carbons (Fsp3) is 0.263. The van der Waals surface area contributed by atoms with E-state index in [1.165, 1.54) is 0 Å². The third-order valence-corrected chi connectivity index (χ3v) is 4.21. The van der Waals surface area contributed by atoms with Gasteiger partial charge >= 0.3 is 0 Å². The van der Waals surface area contributed by atoms with E-state index in [9.17, 15) is 4.79 Å². The van der Waals surface area contributed by atoms with Gasteiger partial charge in [0.25, 0.3) is 0 Å². The van der Waals surface area contributed by atoms with E-state index in [4.69, 9.17) is 4.42 Å². The zero-order valence-corrected chi connectivity index (χ0v) is 13.7. The van der Waals surface area contributed by atoms with Crippen molar-refractivity contribution in [2.75, 3.05) is 24.3 Å². The van der Waals surface area contributed by atoms with Crippen molar-refractivity contribution >= 4 is 28.4 Å². The molecule has 24 heavy (non-hydrogen) atoms. The zero-order chi connectivity index (χ0) is 16.7. The number of amides is 1. The van der Waals surface area contributed by atoms with E-state index < -0.39 is 0 Å². The van der Waals surface area contributed by atoms with E-state index in [2.05, 4.69) is 10.3 Å². The van der Waals surface area contributed by atoms with Gasteiger partial charge in [-0.2, -0.15) is 0 Å². The first-order valence-electron chi connectivity index (χ1n) is 8.09. The maximum atomic E-state index is 11.9. The van der Waals surface area contributed by atoms with Crippen LogP contribution >= 0.6 is 0 Å². The number of carbonyl (C=O) groups excluding carboxylic acids is 1. The smallest absolute Gasteiger partial charge is 0.227 e. The Morgan fingerprint density at radius 1 is 1.21 bits per heavy atom. The van der Waals surface area contributed by atoms with Crippen molar-refractivity contribution in [3.8, 4) is 11.5 Å². The van der Waals surface area contributed by atoms with E-state index in [-0.39, 0.29) is 11.8 Å². The number of nitrogens with zero attached hydrogens (tertiary/aromatic N) is 2. The first-order valence-corrected chi connectivity index (χ1v) is 8.09. The third-order valence-electron chi connectivity index (χ3n) is 4.21. The van der Waals surface area contributed by atoms with E-state index in [1.54, 1.807) is 0 Å². The van der Waals surface area contributed by atoms with Crippen molar-refractivity contribution in [1.29, 1.82) is 0 Å². The van der Waals surface area contributed by atoms with Gasteiger partial charge in [0.05, 0.1) is 0 Å². The highest BCUT2D eigenvalue weighted by Crippen LogP contribution is 2.31. The molecule has 1 N–H and O–H groups in total. The zero-order valence-electron chi connectivity index (χ0n) is 13.7. The van der Waals surface area contributed by atoms with Crippen LogP contribution in [-0.2, 0) is 4.79 Å². The highest BCUT2D eigenvalue weighted by Gasteiger charge is 2.29. The normalized spacial score (nSPS) is 13.9. The van der Waals surface area contributed by atoms with Gasteiger partial charge in [-0.05, 0) is 49.2 Å². The number of fused-ring (bicyclic) bond motifs is 1. The van der Waals surface area contributed by atoms with Crippen LogP contribution in [0.1, 0.15) is 12.8 Å². The van der Waals surface area contributed by atoms with E-state index in [1.807, 2.05) is 61.5 Å². The highest BCUT2D eigenvalue weighted by molar-refractivity contribution is 5.95. The second-order valence-electron chi connectivity index (χ2n) is 6.41. The summed E-state index contributed by atoms with van der Waals surface area (Å²) in [5.74, 6) is 0.860. The first-order chi connectivity index (χ1) is 11.6. The van der Waals surface area contributed by atoms with Gasteiger partial charge in [0.15, 0.2) is 5.58 Å². The molecule has 0 saturated heterocycles. The molecule has 0 radical (unpaired) electrons. The molecular weight excluding hydrogens is 302 g/mol. The van der Waals surface area contributed by atoms with E-state index in [0.29, 0.717) is 11.5 Å². The molecule has 1 fully saturated rings. The molecule has 0 aliphatic heterocycles. The highest BCUT2D eigenvalue weighted by atomic mass is 16.3. The van der Waals surface area contributed by atoms with Gasteiger partial charge in [0.2, 0.25) is 11.8 Å². The van der Waals surface area contributed by atoms with Crippen LogP contribution in [0.4, 0.5) is 11.4 Å². The molecule has 0 unspecified atom stereocenters. The maximum absolute atomic E-state index is 11.9. The topological polar surface area (TPSA) is 58.4 Å². The largest absolute Gasteiger partial charge is 0.436 e. The lowest BCUT2D eigenvalue weighted by molar-refractivity contribution is -0.117. The number of carbonyl (C=O) groups is 1. The Labute approximate surface area is 140 Å². The van der Waals surface area contributed by atoms with Gasteiger partial charge in [-0.3, -0.25) is 4.79 Å². The van der Waals surface area contributed by atoms with Crippen LogP contribution in [0.15, 0.2) is 46.9 Å². The average Bonchev–Trinajstić information content (AvgIpc) is 3.34. The minimum Gasteiger partial charge on any atom is -0.436 e. The molecule has 1 aliphatic rings. The third kappa shape index (κ3) is 2.85. The summed E-state index contributed by atoms with van der Waals surface area (Å²) in [6, 6.07) is 13.6. The number of hydrogen-bond donors (Lipinski definition) is 1. The van der Waals surface area contributed by atoms with Crippen LogP contribution in [0.2, 0.25) is 0 Å². The van der Waals surface area contributed by atoms with Gasteiger partial charge in [0.1, 0.15) is 5.52 Å². The molecule has 1 aromatic heterocycles. The van der Waals surface area contributed by atoms with Crippen molar-refractivity contribution in [2.24, 2.45) is 5.92 Å². The van der Waals surface area contributed by atoms with Gasteiger partial charge in [0, 0.05) is 37.0 Å². The quantitative estimate of drug-likeness (QED) is 0.791. The Bertz CT molecular complexity index is 910. The Balaban J connectivity index is 1.65. The van der Waals surface area contributed by atoms with Crippen molar-refractivity contribution < 1.29 is 9.21 Å². The lowest BCUT2D eigenvalue weighted by Gasteiger charge is -2.12. The first kappa shape index (κ1) is 14.8. The Morgan fingerprint density at radius 2 is 2.04 bits per heavy atom. The number of rotatable bonds is 4. The molecule has 1 heterocycles. The van der Waals surface area contributed by atoms with Crippen LogP contribution in [0.25, 0.3) is 22.6 Å². The maximum Gasteiger partial charge on any atom is 0.227 e. The van der Waals surface area contributed by atoms with Crippen LogP contribution in [-0.4, -0.2) is 25.0 Å². The van der Waals surface area contributed by atoms with Crippen molar-refractivity contribution in [3.05, 3.63) is 42.5 Å². The predicted octanol–water partition coefficient (Wildman–Crippen LogP) is 3.91. The van der Waals surface area contributed by atoms with Gasteiger partial charge in [-0.15, -0.1) is 0 Å². The summed E-state index contributed by atoms with van der Waals surface area (Å²) in [5.41, 5.74) is 4.24. The lowest BCUT2D eigenvalue weighted by atomic mass is 10.2. The van der Waals surface area contributed by atoms with Gasteiger partial charge in [-0.25, -0.2) is 4.98 Å².